The van der Waals surface area contributed by atoms with Crippen LogP contribution in [0.2, 0.25) is 0 Å². The van der Waals surface area contributed by atoms with Crippen LogP contribution < -0.4 is 30.7 Å². The van der Waals surface area contributed by atoms with E-state index in [1.54, 1.807) is 13.8 Å². The molecule has 44 heavy (non-hydrogen) atoms. The minimum Gasteiger partial charge on any atom is -0.490 e. The average molecular weight is 639 g/mol. The highest BCUT2D eigenvalue weighted by Crippen LogP contribution is 2.31. The summed E-state index contributed by atoms with van der Waals surface area (Å²) in [6, 6.07) is 14.0. The summed E-state index contributed by atoms with van der Waals surface area (Å²) in [5.74, 6) is 0.526. The normalized spacial score (nSPS) is 18.3. The Morgan fingerprint density at radius 2 is 1.00 bits per heavy atom. The van der Waals surface area contributed by atoms with Gasteiger partial charge in [-0.1, -0.05) is 24.3 Å². The fraction of sp³-hybridized carbons (Fsp3) is 0.375. The molecule has 0 aliphatic carbocycles. The van der Waals surface area contributed by atoms with Gasteiger partial charge in [-0.3, -0.25) is 0 Å². The van der Waals surface area contributed by atoms with Gasteiger partial charge in [-0.25, -0.2) is 9.59 Å². The number of hydrogen-bond donors (Lipinski definition) is 4. The maximum absolute atomic E-state index is 12.8. The minimum atomic E-state index is -0.442. The average Bonchev–Trinajstić information content (AvgIpc) is 2.94. The minimum absolute atomic E-state index is 0.242. The van der Waals surface area contributed by atoms with E-state index in [1.807, 2.05) is 76.2 Å². The zero-order valence-electron chi connectivity index (χ0n) is 25.6. The third-order valence-electron chi connectivity index (χ3n) is 6.71. The summed E-state index contributed by atoms with van der Waals surface area (Å²) in [7, 11) is 0. The van der Waals surface area contributed by atoms with Gasteiger partial charge >= 0.3 is 11.9 Å². The first-order chi connectivity index (χ1) is 20.9. The molecule has 2 unspecified atom stereocenters. The Bertz CT molecular complexity index is 1360. The third-order valence-corrected chi connectivity index (χ3v) is 7.15. The molecule has 2 heterocycles. The predicted octanol–water partition coefficient (Wildman–Crippen LogP) is 4.63. The van der Waals surface area contributed by atoms with Crippen LogP contribution in [-0.4, -0.2) is 47.6 Å². The maximum atomic E-state index is 12.8. The summed E-state index contributed by atoms with van der Waals surface area (Å²) >= 11 is 10.6. The Kier molecular flexibility index (Phi) is 10.8. The first-order valence-electron chi connectivity index (χ1n) is 14.4. The van der Waals surface area contributed by atoms with Gasteiger partial charge in [-0.15, -0.1) is 0 Å². The molecular formula is C32H38N4O6S2. The molecule has 2 aromatic rings. The summed E-state index contributed by atoms with van der Waals surface area (Å²) < 4.78 is 22.7. The maximum Gasteiger partial charge on any atom is 0.338 e. The molecule has 0 aromatic heterocycles. The van der Waals surface area contributed by atoms with Crippen LogP contribution in [0.5, 0.6) is 11.5 Å². The number of rotatable bonds is 11. The molecule has 4 rings (SSSR count). The summed E-state index contributed by atoms with van der Waals surface area (Å²) in [5, 5.41) is 13.2. The second-order valence-electron chi connectivity index (χ2n) is 10.9. The van der Waals surface area contributed by atoms with Gasteiger partial charge in [0.2, 0.25) is 0 Å². The van der Waals surface area contributed by atoms with Gasteiger partial charge in [0.15, 0.2) is 10.2 Å². The Morgan fingerprint density at radius 3 is 1.32 bits per heavy atom. The fourth-order valence-corrected chi connectivity index (χ4v) is 5.36. The molecule has 2 aromatic carbocycles. The number of hydrogen-bond acceptors (Lipinski definition) is 8. The van der Waals surface area contributed by atoms with E-state index in [4.69, 9.17) is 43.4 Å². The summed E-state index contributed by atoms with van der Waals surface area (Å²) in [5.41, 5.74) is 3.98. The zero-order chi connectivity index (χ0) is 32.0. The number of benzene rings is 2. The molecule has 0 radical (unpaired) electrons. The van der Waals surface area contributed by atoms with E-state index in [0.717, 1.165) is 11.1 Å². The van der Waals surface area contributed by atoms with Crippen LogP contribution in [-0.2, 0) is 19.1 Å². The highest BCUT2D eigenvalue weighted by molar-refractivity contribution is 7.80. The molecule has 4 N–H and O–H groups in total. The smallest absolute Gasteiger partial charge is 0.338 e. The van der Waals surface area contributed by atoms with E-state index in [2.05, 4.69) is 21.3 Å². The monoisotopic (exact) mass is 638 g/mol. The number of thiocarbonyl (C=S) groups is 2. The van der Waals surface area contributed by atoms with Crippen molar-refractivity contribution in [2.45, 2.75) is 65.8 Å². The van der Waals surface area contributed by atoms with Gasteiger partial charge in [-0.05, 0) is 101 Å². The number of ether oxygens (including phenoxy) is 4. The standard InChI is InChI=1S/C32H38N4O6S2/c1-17(2)41-29(37)25-19(5)33-31(43)35-27(25)21-7-11-23(12-8-21)39-15-16-40-24-13-9-22(10-14-24)28-26(30(38)42-18(3)4)20(6)34-32(44)36-28/h7-14,17-18,27-28H,15-16H2,1-6H3,(H2,33,35,43)(H2,34,36,44). The van der Waals surface area contributed by atoms with Crippen LogP contribution in [0.25, 0.3) is 0 Å². The highest BCUT2D eigenvalue weighted by atomic mass is 32.1. The number of allylic oxidation sites excluding steroid dienone is 2. The lowest BCUT2D eigenvalue weighted by molar-refractivity contribution is -0.144. The van der Waals surface area contributed by atoms with Crippen LogP contribution in [0, 0.1) is 0 Å². The molecule has 0 bridgehead atoms. The molecule has 0 spiro atoms. The van der Waals surface area contributed by atoms with Crippen molar-refractivity contribution in [1.29, 1.82) is 0 Å². The van der Waals surface area contributed by atoms with Crippen molar-refractivity contribution in [3.63, 3.8) is 0 Å². The number of carbonyl (C=O) groups excluding carboxylic acids is 2. The van der Waals surface area contributed by atoms with E-state index in [1.165, 1.54) is 0 Å². The topological polar surface area (TPSA) is 119 Å². The Labute approximate surface area is 268 Å². The lowest BCUT2D eigenvalue weighted by atomic mass is 9.95. The summed E-state index contributed by atoms with van der Waals surface area (Å²) in [4.78, 5) is 25.6. The predicted molar refractivity (Wildman–Crippen MR) is 175 cm³/mol. The summed E-state index contributed by atoms with van der Waals surface area (Å²) in [6.45, 7) is 11.5. The Hall–Kier alpha value is -4.16. The lowest BCUT2D eigenvalue weighted by Gasteiger charge is -2.30. The van der Waals surface area contributed by atoms with E-state index >= 15 is 0 Å². The molecule has 2 aliphatic heterocycles. The van der Waals surface area contributed by atoms with Crippen LogP contribution in [0.4, 0.5) is 0 Å². The highest BCUT2D eigenvalue weighted by Gasteiger charge is 2.32. The van der Waals surface area contributed by atoms with Crippen molar-refractivity contribution in [1.82, 2.24) is 21.3 Å². The molecule has 2 aliphatic rings. The van der Waals surface area contributed by atoms with Crippen LogP contribution in [0.15, 0.2) is 71.1 Å². The second-order valence-corrected chi connectivity index (χ2v) is 11.7. The zero-order valence-corrected chi connectivity index (χ0v) is 27.2. The molecule has 234 valence electrons. The number of esters is 2. The van der Waals surface area contributed by atoms with Crippen molar-refractivity contribution in [2.24, 2.45) is 0 Å². The largest absolute Gasteiger partial charge is 0.490 e. The molecule has 2 atom stereocenters. The van der Waals surface area contributed by atoms with Crippen molar-refractivity contribution < 1.29 is 28.5 Å². The Morgan fingerprint density at radius 1 is 0.659 bits per heavy atom. The van der Waals surface area contributed by atoms with Crippen molar-refractivity contribution in [3.8, 4) is 11.5 Å². The molecule has 12 heteroatoms. The van der Waals surface area contributed by atoms with Gasteiger partial charge < -0.3 is 40.2 Å². The SMILES string of the molecule is CC1=C(C(=O)OC(C)C)C(c2ccc(OCCOc3ccc(C4NC(=S)NC(C)=C4C(=O)OC(C)C)cc3)cc2)NC(=S)N1. The van der Waals surface area contributed by atoms with E-state index in [9.17, 15) is 9.59 Å². The first kappa shape index (κ1) is 32.7. The molecule has 0 amide bonds. The van der Waals surface area contributed by atoms with Crippen LogP contribution in [0.3, 0.4) is 0 Å². The third kappa shape index (κ3) is 8.26. The molecular weight excluding hydrogens is 601 g/mol. The summed E-state index contributed by atoms with van der Waals surface area (Å²) in [6.07, 6.45) is -0.485. The number of nitrogens with one attached hydrogen (secondary N) is 4. The van der Waals surface area contributed by atoms with Crippen LogP contribution >= 0.6 is 24.4 Å². The van der Waals surface area contributed by atoms with Gasteiger partial charge in [0.1, 0.15) is 24.7 Å². The fourth-order valence-electron chi connectivity index (χ4n) is 4.82. The van der Waals surface area contributed by atoms with E-state index in [-0.39, 0.29) is 12.2 Å². The van der Waals surface area contributed by atoms with Gasteiger partial charge in [0.25, 0.3) is 0 Å². The van der Waals surface area contributed by atoms with Gasteiger partial charge in [-0.2, -0.15) is 0 Å². The van der Waals surface area contributed by atoms with Crippen molar-refractivity contribution in [3.05, 3.63) is 82.2 Å². The second kappa shape index (κ2) is 14.5. The Balaban J connectivity index is 1.33. The quantitative estimate of drug-likeness (QED) is 0.156. The lowest BCUT2D eigenvalue weighted by Crippen LogP contribution is -2.45. The van der Waals surface area contributed by atoms with E-state index in [0.29, 0.717) is 57.5 Å². The molecule has 0 saturated heterocycles. The van der Waals surface area contributed by atoms with Gasteiger partial charge in [0, 0.05) is 11.4 Å². The molecule has 10 nitrogen and oxygen atoms in total. The molecule has 0 saturated carbocycles. The number of carbonyl (C=O) groups is 2. The van der Waals surface area contributed by atoms with E-state index < -0.39 is 24.0 Å². The van der Waals surface area contributed by atoms with Gasteiger partial charge in [0.05, 0.1) is 35.4 Å². The van der Waals surface area contributed by atoms with Crippen molar-refractivity contribution in [2.75, 3.05) is 13.2 Å². The first-order valence-corrected chi connectivity index (χ1v) is 15.2. The molecule has 0 fully saturated rings. The van der Waals surface area contributed by atoms with Crippen molar-refractivity contribution >= 4 is 46.6 Å². The van der Waals surface area contributed by atoms with Crippen LogP contribution in [0.1, 0.15) is 64.8 Å².